The van der Waals surface area contributed by atoms with Crippen molar-refractivity contribution in [3.63, 3.8) is 0 Å². The molecule has 1 atom stereocenters. The molecule has 2 rings (SSSR count). The maximum absolute atomic E-state index is 12.1. The lowest BCUT2D eigenvalue weighted by Crippen LogP contribution is -2.39. The Labute approximate surface area is 105 Å². The van der Waals surface area contributed by atoms with E-state index in [9.17, 15) is 4.79 Å². The van der Waals surface area contributed by atoms with Crippen molar-refractivity contribution in [1.29, 1.82) is 10.5 Å². The van der Waals surface area contributed by atoms with E-state index < -0.39 is 0 Å². The van der Waals surface area contributed by atoms with Gasteiger partial charge in [-0.15, -0.1) is 0 Å². The van der Waals surface area contributed by atoms with E-state index in [2.05, 4.69) is 11.1 Å². The Bertz CT molecular complexity index is 523. The van der Waals surface area contributed by atoms with Gasteiger partial charge in [-0.3, -0.25) is 4.79 Å². The molecule has 0 spiro atoms. The van der Waals surface area contributed by atoms with Gasteiger partial charge in [-0.1, -0.05) is 0 Å². The average Bonchev–Trinajstić information content (AvgIpc) is 2.46. The Kier molecular flexibility index (Phi) is 3.54. The standard InChI is InChI=1S/C13H12N4O/c14-6-10-3-4-12(16-8-10)13(18)17-5-1-2-11(7-15)9-17/h3-4,8,11H,1-2,5,9H2. The van der Waals surface area contributed by atoms with Crippen molar-refractivity contribution in [2.45, 2.75) is 12.8 Å². The molecule has 1 unspecified atom stereocenters. The third-order valence-electron chi connectivity index (χ3n) is 3.00. The summed E-state index contributed by atoms with van der Waals surface area (Å²) < 4.78 is 0. The van der Waals surface area contributed by atoms with Gasteiger partial charge in [0.15, 0.2) is 0 Å². The number of aromatic nitrogens is 1. The van der Waals surface area contributed by atoms with Gasteiger partial charge in [0.25, 0.3) is 5.91 Å². The number of carbonyl (C=O) groups is 1. The van der Waals surface area contributed by atoms with Crippen LogP contribution in [-0.4, -0.2) is 28.9 Å². The average molecular weight is 240 g/mol. The number of pyridine rings is 1. The molecule has 1 amide bonds. The number of amides is 1. The smallest absolute Gasteiger partial charge is 0.272 e. The zero-order chi connectivity index (χ0) is 13.0. The predicted octanol–water partition coefficient (Wildman–Crippen LogP) is 1.33. The molecule has 0 N–H and O–H groups in total. The van der Waals surface area contributed by atoms with Crippen molar-refractivity contribution in [2.24, 2.45) is 5.92 Å². The lowest BCUT2D eigenvalue weighted by atomic mass is 9.99. The van der Waals surface area contributed by atoms with E-state index in [1.165, 1.54) is 6.20 Å². The van der Waals surface area contributed by atoms with E-state index in [1.54, 1.807) is 17.0 Å². The summed E-state index contributed by atoms with van der Waals surface area (Å²) in [6.07, 6.45) is 3.08. The fourth-order valence-electron chi connectivity index (χ4n) is 2.02. The highest BCUT2D eigenvalue weighted by Crippen LogP contribution is 2.17. The van der Waals surface area contributed by atoms with Gasteiger partial charge in [0, 0.05) is 19.3 Å². The van der Waals surface area contributed by atoms with Crippen molar-refractivity contribution in [2.75, 3.05) is 13.1 Å². The van der Waals surface area contributed by atoms with Gasteiger partial charge >= 0.3 is 0 Å². The first-order valence-electron chi connectivity index (χ1n) is 5.79. The third kappa shape index (κ3) is 2.46. The number of nitrogens with zero attached hydrogens (tertiary/aromatic N) is 4. The van der Waals surface area contributed by atoms with Gasteiger partial charge < -0.3 is 4.90 Å². The van der Waals surface area contributed by atoms with E-state index in [-0.39, 0.29) is 11.8 Å². The number of hydrogen-bond acceptors (Lipinski definition) is 4. The van der Waals surface area contributed by atoms with Crippen molar-refractivity contribution >= 4 is 5.91 Å². The predicted molar refractivity (Wildman–Crippen MR) is 63.2 cm³/mol. The van der Waals surface area contributed by atoms with Crippen LogP contribution in [0.3, 0.4) is 0 Å². The lowest BCUT2D eigenvalue weighted by Gasteiger charge is -2.29. The summed E-state index contributed by atoms with van der Waals surface area (Å²) in [6, 6.07) is 7.29. The first-order valence-corrected chi connectivity index (χ1v) is 5.79. The van der Waals surface area contributed by atoms with Crippen LogP contribution in [0.25, 0.3) is 0 Å². The minimum Gasteiger partial charge on any atom is -0.336 e. The lowest BCUT2D eigenvalue weighted by molar-refractivity contribution is 0.0693. The normalized spacial score (nSPS) is 18.8. The topological polar surface area (TPSA) is 80.8 Å². The summed E-state index contributed by atoms with van der Waals surface area (Å²) in [5.41, 5.74) is 0.757. The second-order valence-corrected chi connectivity index (χ2v) is 4.26. The summed E-state index contributed by atoms with van der Waals surface area (Å²) in [4.78, 5) is 17.8. The second kappa shape index (κ2) is 5.29. The highest BCUT2D eigenvalue weighted by molar-refractivity contribution is 5.92. The maximum atomic E-state index is 12.1. The van der Waals surface area contributed by atoms with Crippen molar-refractivity contribution < 1.29 is 4.79 Å². The van der Waals surface area contributed by atoms with Gasteiger partial charge in [-0.25, -0.2) is 4.98 Å². The minimum absolute atomic E-state index is 0.0823. The molecule has 2 heterocycles. The zero-order valence-corrected chi connectivity index (χ0v) is 9.83. The van der Waals surface area contributed by atoms with Crippen LogP contribution in [-0.2, 0) is 0 Å². The SMILES string of the molecule is N#Cc1ccc(C(=O)N2CCCC(C#N)C2)nc1. The molecule has 1 aromatic heterocycles. The zero-order valence-electron chi connectivity index (χ0n) is 9.83. The van der Waals surface area contributed by atoms with E-state index in [0.29, 0.717) is 24.3 Å². The summed E-state index contributed by atoms with van der Waals surface area (Å²) in [7, 11) is 0. The fourth-order valence-corrected chi connectivity index (χ4v) is 2.02. The molecule has 0 bridgehead atoms. The molecule has 1 aromatic rings. The molecular weight excluding hydrogens is 228 g/mol. The van der Waals surface area contributed by atoms with Gasteiger partial charge in [0.05, 0.1) is 17.6 Å². The van der Waals surface area contributed by atoms with Crippen LogP contribution in [0.15, 0.2) is 18.3 Å². The fraction of sp³-hybridized carbons (Fsp3) is 0.385. The Morgan fingerprint density at radius 1 is 1.44 bits per heavy atom. The first kappa shape index (κ1) is 12.1. The van der Waals surface area contributed by atoms with Crippen molar-refractivity contribution in [3.05, 3.63) is 29.6 Å². The molecule has 0 aliphatic carbocycles. The highest BCUT2D eigenvalue weighted by atomic mass is 16.2. The Morgan fingerprint density at radius 3 is 2.89 bits per heavy atom. The number of hydrogen-bond donors (Lipinski definition) is 0. The van der Waals surface area contributed by atoms with Crippen LogP contribution in [0.1, 0.15) is 28.9 Å². The first-order chi connectivity index (χ1) is 8.74. The Balaban J connectivity index is 2.11. The molecule has 0 radical (unpaired) electrons. The van der Waals surface area contributed by atoms with E-state index in [4.69, 9.17) is 10.5 Å². The van der Waals surface area contributed by atoms with Crippen molar-refractivity contribution in [1.82, 2.24) is 9.88 Å². The quantitative estimate of drug-likeness (QED) is 0.741. The number of nitriles is 2. The number of piperidine rings is 1. The molecule has 1 aliphatic rings. The second-order valence-electron chi connectivity index (χ2n) is 4.26. The molecular formula is C13H12N4O. The molecule has 1 aliphatic heterocycles. The highest BCUT2D eigenvalue weighted by Gasteiger charge is 2.24. The molecule has 90 valence electrons. The summed E-state index contributed by atoms with van der Waals surface area (Å²) in [5, 5.41) is 17.6. The number of carbonyl (C=O) groups excluding carboxylic acids is 1. The maximum Gasteiger partial charge on any atom is 0.272 e. The van der Waals surface area contributed by atoms with E-state index in [1.807, 2.05) is 6.07 Å². The van der Waals surface area contributed by atoms with Crippen molar-refractivity contribution in [3.8, 4) is 12.1 Å². The summed E-state index contributed by atoms with van der Waals surface area (Å²) in [5.74, 6) is -0.250. The van der Waals surface area contributed by atoms with Crippen LogP contribution in [0.4, 0.5) is 0 Å². The van der Waals surface area contributed by atoms with Crippen LogP contribution in [0, 0.1) is 28.6 Å². The van der Waals surface area contributed by atoms with Gasteiger partial charge in [0.2, 0.25) is 0 Å². The van der Waals surface area contributed by atoms with Gasteiger partial charge in [-0.2, -0.15) is 10.5 Å². The van der Waals surface area contributed by atoms with Gasteiger partial charge in [-0.05, 0) is 25.0 Å². The molecule has 0 aromatic carbocycles. The Hall–Kier alpha value is -2.40. The number of likely N-dealkylation sites (tertiary alicyclic amines) is 1. The molecule has 18 heavy (non-hydrogen) atoms. The van der Waals surface area contributed by atoms with Crippen LogP contribution in [0.2, 0.25) is 0 Å². The molecule has 0 saturated carbocycles. The van der Waals surface area contributed by atoms with E-state index >= 15 is 0 Å². The molecule has 5 heteroatoms. The van der Waals surface area contributed by atoms with Crippen LogP contribution < -0.4 is 0 Å². The largest absolute Gasteiger partial charge is 0.336 e. The minimum atomic E-state index is -0.167. The molecule has 5 nitrogen and oxygen atoms in total. The number of rotatable bonds is 1. The third-order valence-corrected chi connectivity index (χ3v) is 3.00. The van der Waals surface area contributed by atoms with E-state index in [0.717, 1.165) is 12.8 Å². The monoisotopic (exact) mass is 240 g/mol. The van der Waals surface area contributed by atoms with Gasteiger partial charge in [0.1, 0.15) is 11.8 Å². The van der Waals surface area contributed by atoms with Crippen LogP contribution >= 0.6 is 0 Å². The molecule has 1 saturated heterocycles. The summed E-state index contributed by atoms with van der Waals surface area (Å²) >= 11 is 0. The summed E-state index contributed by atoms with van der Waals surface area (Å²) in [6.45, 7) is 1.13. The Morgan fingerprint density at radius 2 is 2.28 bits per heavy atom. The van der Waals surface area contributed by atoms with Crippen LogP contribution in [0.5, 0.6) is 0 Å². The molecule has 1 fully saturated rings.